The Morgan fingerprint density at radius 1 is 1.19 bits per heavy atom. The van der Waals surface area contributed by atoms with Crippen LogP contribution in [0.5, 0.6) is 5.75 Å². The molecule has 0 spiro atoms. The van der Waals surface area contributed by atoms with Crippen molar-refractivity contribution in [3.8, 4) is 5.75 Å². The molecule has 0 saturated carbocycles. The van der Waals surface area contributed by atoms with Crippen molar-refractivity contribution in [1.29, 1.82) is 0 Å². The Morgan fingerprint density at radius 3 is 2.67 bits per heavy atom. The maximum atomic E-state index is 14.0. The van der Waals surface area contributed by atoms with Crippen molar-refractivity contribution in [3.63, 3.8) is 0 Å². The molecular weight excluding hydrogens is 498 g/mol. The summed E-state index contributed by atoms with van der Waals surface area (Å²) in [4.78, 5) is 20.5. The van der Waals surface area contributed by atoms with Crippen molar-refractivity contribution < 1.29 is 22.4 Å². The number of thiazole rings is 1. The second kappa shape index (κ2) is 9.68. The van der Waals surface area contributed by atoms with E-state index in [1.807, 2.05) is 26.0 Å². The maximum Gasteiger partial charge on any atom is 0.247 e. The van der Waals surface area contributed by atoms with Crippen LogP contribution in [0.2, 0.25) is 0 Å². The first-order chi connectivity index (χ1) is 17.3. The summed E-state index contributed by atoms with van der Waals surface area (Å²) in [6.07, 6.45) is 2.59. The van der Waals surface area contributed by atoms with Crippen molar-refractivity contribution in [2.45, 2.75) is 44.2 Å². The second-order valence-electron chi connectivity index (χ2n) is 8.85. The van der Waals surface area contributed by atoms with E-state index in [1.54, 1.807) is 49.8 Å². The van der Waals surface area contributed by atoms with Crippen molar-refractivity contribution in [1.82, 2.24) is 9.29 Å². The lowest BCUT2D eigenvalue weighted by atomic mass is 10.2. The number of ether oxygens (including phenoxy) is 1. The van der Waals surface area contributed by atoms with E-state index in [1.165, 1.54) is 20.5 Å². The molecule has 0 radical (unpaired) electrons. The van der Waals surface area contributed by atoms with Gasteiger partial charge in [0.1, 0.15) is 23.1 Å². The number of fused-ring (bicyclic) bond motifs is 1. The minimum absolute atomic E-state index is 0.141. The fourth-order valence-corrected chi connectivity index (χ4v) is 7.18. The Balaban J connectivity index is 1.54. The lowest BCUT2D eigenvalue weighted by molar-refractivity contribution is -0.121. The Morgan fingerprint density at radius 2 is 1.97 bits per heavy atom. The van der Waals surface area contributed by atoms with Crippen LogP contribution in [0.1, 0.15) is 29.7 Å². The van der Waals surface area contributed by atoms with Gasteiger partial charge in [-0.05, 0) is 62.6 Å². The number of benzene rings is 2. The van der Waals surface area contributed by atoms with Crippen LogP contribution < -0.4 is 9.64 Å². The van der Waals surface area contributed by atoms with E-state index in [0.29, 0.717) is 35.0 Å². The van der Waals surface area contributed by atoms with Gasteiger partial charge in [-0.1, -0.05) is 35.1 Å². The van der Waals surface area contributed by atoms with E-state index >= 15 is 0 Å². The number of anilines is 1. The molecular formula is C26H27N3O5S2. The Labute approximate surface area is 214 Å². The predicted molar refractivity (Wildman–Crippen MR) is 139 cm³/mol. The molecule has 0 N–H and O–H groups in total. The molecule has 2 aromatic carbocycles. The van der Waals surface area contributed by atoms with Crippen molar-refractivity contribution in [2.24, 2.45) is 0 Å². The number of rotatable bonds is 7. The molecule has 1 fully saturated rings. The molecule has 1 saturated heterocycles. The summed E-state index contributed by atoms with van der Waals surface area (Å²) in [7, 11) is -2.26. The van der Waals surface area contributed by atoms with Crippen molar-refractivity contribution in [2.75, 3.05) is 18.6 Å². The minimum Gasteiger partial charge on any atom is -0.494 e. The topological polar surface area (TPSA) is 93.0 Å². The monoisotopic (exact) mass is 525 g/mol. The van der Waals surface area contributed by atoms with E-state index in [-0.39, 0.29) is 23.9 Å². The van der Waals surface area contributed by atoms with Crippen LogP contribution in [0.15, 0.2) is 64.1 Å². The summed E-state index contributed by atoms with van der Waals surface area (Å²) in [5, 5.41) is 0.471. The fourth-order valence-electron chi connectivity index (χ4n) is 4.48. The second-order valence-corrected chi connectivity index (χ2v) is 11.7. The molecule has 0 aliphatic carbocycles. The van der Waals surface area contributed by atoms with E-state index in [9.17, 15) is 13.2 Å². The Bertz CT molecular complexity index is 1490. The number of carbonyl (C=O) groups excluding carboxylic acids is 1. The quantitative estimate of drug-likeness (QED) is 0.341. The highest BCUT2D eigenvalue weighted by Crippen LogP contribution is 2.38. The number of furan rings is 1. The van der Waals surface area contributed by atoms with Gasteiger partial charge in [-0.25, -0.2) is 13.4 Å². The van der Waals surface area contributed by atoms with E-state index in [2.05, 4.69) is 0 Å². The molecule has 1 aliphatic heterocycles. The van der Waals surface area contributed by atoms with Gasteiger partial charge in [-0.3, -0.25) is 9.69 Å². The molecule has 10 heteroatoms. The standard InChI is InChI=1S/C26H27N3O5S2/c1-17-8-11-20(12-9-17)36(31,32)29-14-4-7-21(29)25(30)28(16-19-6-5-15-34-19)26-27-23-22(33-3)13-10-18(2)24(23)35-26/h5-6,8-13,15,21H,4,7,14,16H2,1-3H3. The van der Waals surface area contributed by atoms with Crippen LogP contribution in [0.4, 0.5) is 5.13 Å². The summed E-state index contributed by atoms with van der Waals surface area (Å²) in [6, 6.07) is 13.2. The zero-order valence-corrected chi connectivity index (χ0v) is 21.9. The number of sulfonamides is 1. The number of hydrogen-bond acceptors (Lipinski definition) is 7. The minimum atomic E-state index is -3.84. The third-order valence-electron chi connectivity index (χ3n) is 6.42. The molecule has 8 nitrogen and oxygen atoms in total. The number of nitrogens with zero attached hydrogens (tertiary/aromatic N) is 3. The normalized spacial score (nSPS) is 16.5. The van der Waals surface area contributed by atoms with Crippen LogP contribution in [0, 0.1) is 13.8 Å². The zero-order chi connectivity index (χ0) is 25.4. The molecule has 5 rings (SSSR count). The van der Waals surface area contributed by atoms with Gasteiger partial charge in [0.2, 0.25) is 15.9 Å². The van der Waals surface area contributed by atoms with Gasteiger partial charge < -0.3 is 9.15 Å². The van der Waals surface area contributed by atoms with Crippen molar-refractivity contribution >= 4 is 42.6 Å². The number of methoxy groups -OCH3 is 1. The molecule has 36 heavy (non-hydrogen) atoms. The van der Waals surface area contributed by atoms with Crippen LogP contribution in [0.3, 0.4) is 0 Å². The van der Waals surface area contributed by atoms with Gasteiger partial charge in [-0.15, -0.1) is 0 Å². The predicted octanol–water partition coefficient (Wildman–Crippen LogP) is 4.90. The number of amides is 1. The summed E-state index contributed by atoms with van der Waals surface area (Å²) in [5.74, 6) is 0.875. The fraction of sp³-hybridized carbons (Fsp3) is 0.308. The SMILES string of the molecule is COc1ccc(C)c2sc(N(Cc3ccco3)C(=O)C3CCCN3S(=O)(=O)c3ccc(C)cc3)nc12. The summed E-state index contributed by atoms with van der Waals surface area (Å²) >= 11 is 1.38. The molecule has 1 aliphatic rings. The van der Waals surface area contributed by atoms with Gasteiger partial charge in [0, 0.05) is 6.54 Å². The smallest absolute Gasteiger partial charge is 0.247 e. The Kier molecular flexibility index (Phi) is 6.59. The number of carbonyl (C=O) groups is 1. The summed E-state index contributed by atoms with van der Waals surface area (Å²) in [6.45, 7) is 4.31. The van der Waals surface area contributed by atoms with Crippen molar-refractivity contribution in [3.05, 3.63) is 71.7 Å². The van der Waals surface area contributed by atoms with Gasteiger partial charge >= 0.3 is 0 Å². The zero-order valence-electron chi connectivity index (χ0n) is 20.3. The van der Waals surface area contributed by atoms with Gasteiger partial charge in [-0.2, -0.15) is 4.31 Å². The highest BCUT2D eigenvalue weighted by Gasteiger charge is 2.42. The van der Waals surface area contributed by atoms with Gasteiger partial charge in [0.25, 0.3) is 0 Å². The van der Waals surface area contributed by atoms with E-state index in [0.717, 1.165) is 15.8 Å². The molecule has 1 amide bonds. The molecule has 0 bridgehead atoms. The molecule has 188 valence electrons. The summed E-state index contributed by atoms with van der Waals surface area (Å²) in [5.41, 5.74) is 2.66. The maximum absolute atomic E-state index is 14.0. The van der Waals surface area contributed by atoms with Crippen LogP contribution >= 0.6 is 11.3 Å². The highest BCUT2D eigenvalue weighted by molar-refractivity contribution is 7.89. The molecule has 1 unspecified atom stereocenters. The lowest BCUT2D eigenvalue weighted by Crippen LogP contribution is -2.47. The molecule has 2 aromatic heterocycles. The number of hydrogen-bond donors (Lipinski definition) is 0. The largest absolute Gasteiger partial charge is 0.494 e. The van der Waals surface area contributed by atoms with E-state index < -0.39 is 16.1 Å². The highest BCUT2D eigenvalue weighted by atomic mass is 32.2. The van der Waals surface area contributed by atoms with Gasteiger partial charge in [0.15, 0.2) is 5.13 Å². The number of aryl methyl sites for hydroxylation is 2. The summed E-state index contributed by atoms with van der Waals surface area (Å²) < 4.78 is 40.3. The third kappa shape index (κ3) is 4.40. The first-order valence-electron chi connectivity index (χ1n) is 11.7. The van der Waals surface area contributed by atoms with E-state index in [4.69, 9.17) is 14.1 Å². The van der Waals surface area contributed by atoms with Crippen LogP contribution in [-0.2, 0) is 21.4 Å². The molecule has 3 heterocycles. The van der Waals surface area contributed by atoms with Crippen LogP contribution in [-0.4, -0.2) is 43.3 Å². The average Bonchev–Trinajstić information content (AvgIpc) is 3.64. The van der Waals surface area contributed by atoms with Crippen LogP contribution in [0.25, 0.3) is 10.2 Å². The first kappa shape index (κ1) is 24.5. The lowest BCUT2D eigenvalue weighted by Gasteiger charge is -2.28. The average molecular weight is 526 g/mol. The molecule has 4 aromatic rings. The first-order valence-corrected chi connectivity index (χ1v) is 13.9. The molecule has 1 atom stereocenters. The third-order valence-corrected chi connectivity index (χ3v) is 9.56. The van der Waals surface area contributed by atoms with Gasteiger partial charge in [0.05, 0.1) is 29.5 Å². The number of aromatic nitrogens is 1. The Hall–Kier alpha value is -3.21.